The maximum absolute atomic E-state index is 11.3. The smallest absolute Gasteiger partial charge is 0.411 e. The van der Waals surface area contributed by atoms with Crippen molar-refractivity contribution < 1.29 is 18.3 Å². The topological polar surface area (TPSA) is 113 Å². The van der Waals surface area contributed by atoms with E-state index in [0.29, 0.717) is 0 Å². The largest absolute Gasteiger partial charge is 0.465 e. The molecule has 0 aromatic heterocycles. The molecule has 0 bridgehead atoms. The number of rotatable bonds is 3. The zero-order valence-corrected chi connectivity index (χ0v) is 9.23. The first-order chi connectivity index (χ1) is 7.38. The number of hydrogen-bond acceptors (Lipinski definition) is 4. The van der Waals surface area contributed by atoms with Crippen molar-refractivity contribution in [3.63, 3.8) is 0 Å². The van der Waals surface area contributed by atoms with Gasteiger partial charge >= 0.3 is 6.09 Å². The number of nitrogens with two attached hydrogens (primary N) is 1. The van der Waals surface area contributed by atoms with E-state index >= 15 is 0 Å². The summed E-state index contributed by atoms with van der Waals surface area (Å²) in [5.74, 6) is 4.86. The highest BCUT2D eigenvalue weighted by atomic mass is 32.2. The minimum Gasteiger partial charge on any atom is -0.465 e. The number of carbonyl (C=O) groups is 1. The summed E-state index contributed by atoms with van der Waals surface area (Å²) in [6.07, 6.45) is -1.18. The predicted octanol–water partition coefficient (Wildman–Crippen LogP) is -0.0472. The van der Waals surface area contributed by atoms with E-state index in [4.69, 9.17) is 10.9 Å². The van der Waals surface area contributed by atoms with E-state index in [1.165, 1.54) is 31.3 Å². The minimum atomic E-state index is -3.77. The van der Waals surface area contributed by atoms with Gasteiger partial charge < -0.3 is 5.11 Å². The number of anilines is 1. The predicted molar refractivity (Wildman–Crippen MR) is 57.4 cm³/mol. The third-order valence-corrected chi connectivity index (χ3v) is 3.14. The summed E-state index contributed by atoms with van der Waals surface area (Å²) in [6, 6.07) is 5.43. The summed E-state index contributed by atoms with van der Waals surface area (Å²) in [7, 11) is -2.46. The van der Waals surface area contributed by atoms with Gasteiger partial charge in [0, 0.05) is 12.7 Å². The Hall–Kier alpha value is -1.64. The Morgan fingerprint density at radius 2 is 2.12 bits per heavy atom. The van der Waals surface area contributed by atoms with Gasteiger partial charge in [0.25, 0.3) is 10.0 Å². The molecule has 16 heavy (non-hydrogen) atoms. The lowest BCUT2D eigenvalue weighted by Crippen LogP contribution is -2.30. The second-order valence-corrected chi connectivity index (χ2v) is 4.67. The summed E-state index contributed by atoms with van der Waals surface area (Å²) < 4.78 is 22.7. The van der Waals surface area contributed by atoms with Crippen LogP contribution in [0.3, 0.4) is 0 Å². The van der Waals surface area contributed by atoms with Crippen LogP contribution in [-0.4, -0.2) is 26.7 Å². The maximum Gasteiger partial charge on any atom is 0.411 e. The van der Waals surface area contributed by atoms with E-state index in [1.807, 2.05) is 0 Å². The first-order valence-electron chi connectivity index (χ1n) is 4.17. The van der Waals surface area contributed by atoms with Crippen LogP contribution >= 0.6 is 0 Å². The normalized spacial score (nSPS) is 11.1. The van der Waals surface area contributed by atoms with Gasteiger partial charge in [-0.05, 0) is 18.2 Å². The lowest BCUT2D eigenvalue weighted by molar-refractivity contribution is 0.203. The minimum absolute atomic E-state index is 0.0967. The third kappa shape index (κ3) is 2.48. The summed E-state index contributed by atoms with van der Waals surface area (Å²) in [5, 5.41) is 8.72. The number of sulfonamides is 1. The lowest BCUT2D eigenvalue weighted by atomic mass is 10.3. The number of hydrogen-bond donors (Lipinski definition) is 3. The monoisotopic (exact) mass is 245 g/mol. The van der Waals surface area contributed by atoms with Crippen LogP contribution in [0.25, 0.3) is 0 Å². The molecule has 0 spiro atoms. The molecule has 1 amide bonds. The fraction of sp³-hybridized carbons (Fsp3) is 0.125. The van der Waals surface area contributed by atoms with E-state index < -0.39 is 16.1 Å². The van der Waals surface area contributed by atoms with E-state index in [-0.39, 0.29) is 10.6 Å². The SMILES string of the molecule is CN(C(=O)O)c1cccc(S(=O)(=O)NN)c1. The van der Waals surface area contributed by atoms with E-state index in [9.17, 15) is 13.2 Å². The molecule has 1 aromatic carbocycles. The van der Waals surface area contributed by atoms with Crippen molar-refractivity contribution in [2.24, 2.45) is 5.84 Å². The molecule has 0 aliphatic carbocycles. The highest BCUT2D eigenvalue weighted by Crippen LogP contribution is 2.17. The Morgan fingerprint density at radius 3 is 2.62 bits per heavy atom. The van der Waals surface area contributed by atoms with Gasteiger partial charge in [-0.2, -0.15) is 4.83 Å². The van der Waals surface area contributed by atoms with E-state index in [1.54, 1.807) is 4.83 Å². The maximum atomic E-state index is 11.3. The Bertz CT molecular complexity index is 500. The van der Waals surface area contributed by atoms with Gasteiger partial charge in [-0.3, -0.25) is 10.7 Å². The Kier molecular flexibility index (Phi) is 3.48. The van der Waals surface area contributed by atoms with Crippen LogP contribution < -0.4 is 15.6 Å². The van der Waals surface area contributed by atoms with Gasteiger partial charge in [0.2, 0.25) is 0 Å². The summed E-state index contributed by atoms with van der Waals surface area (Å²) in [4.78, 5) is 13.1. The molecule has 88 valence electrons. The van der Waals surface area contributed by atoms with E-state index in [0.717, 1.165) is 4.90 Å². The highest BCUT2D eigenvalue weighted by molar-refractivity contribution is 7.89. The van der Waals surface area contributed by atoms with Crippen LogP contribution in [0.4, 0.5) is 10.5 Å². The molecule has 4 N–H and O–H groups in total. The zero-order chi connectivity index (χ0) is 12.3. The van der Waals surface area contributed by atoms with Crippen molar-refractivity contribution in [1.29, 1.82) is 0 Å². The molecule has 0 saturated heterocycles. The quantitative estimate of drug-likeness (QED) is 0.510. The summed E-state index contributed by atoms with van der Waals surface area (Å²) >= 11 is 0. The molecule has 7 nitrogen and oxygen atoms in total. The van der Waals surface area contributed by atoms with Crippen molar-refractivity contribution in [3.05, 3.63) is 24.3 Å². The first-order valence-corrected chi connectivity index (χ1v) is 5.66. The molecular formula is C8H11N3O4S. The van der Waals surface area contributed by atoms with Gasteiger partial charge in [0.05, 0.1) is 4.90 Å². The third-order valence-electron chi connectivity index (χ3n) is 1.96. The number of carboxylic acid groups (broad SMARTS) is 1. The fourth-order valence-electron chi connectivity index (χ4n) is 1.04. The van der Waals surface area contributed by atoms with Crippen LogP contribution in [0.5, 0.6) is 0 Å². The number of nitrogens with one attached hydrogen (secondary N) is 1. The molecule has 1 rings (SSSR count). The van der Waals surface area contributed by atoms with E-state index in [2.05, 4.69) is 0 Å². The summed E-state index contributed by atoms with van der Waals surface area (Å²) in [6.45, 7) is 0. The van der Waals surface area contributed by atoms with Crippen LogP contribution in [0, 0.1) is 0 Å². The first kappa shape index (κ1) is 12.4. The molecule has 0 unspecified atom stereocenters. The average molecular weight is 245 g/mol. The highest BCUT2D eigenvalue weighted by Gasteiger charge is 2.15. The Balaban J connectivity index is 3.20. The molecule has 0 radical (unpaired) electrons. The zero-order valence-electron chi connectivity index (χ0n) is 8.41. The van der Waals surface area contributed by atoms with Crippen molar-refractivity contribution in [3.8, 4) is 0 Å². The Morgan fingerprint density at radius 1 is 1.50 bits per heavy atom. The average Bonchev–Trinajstić information content (AvgIpc) is 2.28. The molecular weight excluding hydrogens is 234 g/mol. The lowest BCUT2D eigenvalue weighted by Gasteiger charge is -2.13. The van der Waals surface area contributed by atoms with Gasteiger partial charge in [0.15, 0.2) is 0 Å². The van der Waals surface area contributed by atoms with Gasteiger partial charge in [-0.25, -0.2) is 13.2 Å². The van der Waals surface area contributed by atoms with Crippen molar-refractivity contribution in [1.82, 2.24) is 4.83 Å². The summed E-state index contributed by atoms with van der Waals surface area (Å²) in [5.41, 5.74) is 0.240. The molecule has 8 heteroatoms. The van der Waals surface area contributed by atoms with Gasteiger partial charge in [-0.15, -0.1) is 0 Å². The van der Waals surface area contributed by atoms with Crippen LogP contribution in [0.15, 0.2) is 29.2 Å². The van der Waals surface area contributed by atoms with Crippen LogP contribution in [0.1, 0.15) is 0 Å². The molecule has 0 aliphatic heterocycles. The number of hydrazine groups is 1. The van der Waals surface area contributed by atoms with Crippen molar-refractivity contribution >= 4 is 21.8 Å². The second kappa shape index (κ2) is 4.47. The van der Waals surface area contributed by atoms with Crippen LogP contribution in [0.2, 0.25) is 0 Å². The van der Waals surface area contributed by atoms with Crippen molar-refractivity contribution in [2.45, 2.75) is 4.90 Å². The standard InChI is InChI=1S/C8H11N3O4S/c1-11(8(12)13)6-3-2-4-7(5-6)16(14,15)10-9/h2-5,10H,9H2,1H3,(H,12,13). The van der Waals surface area contributed by atoms with Crippen molar-refractivity contribution in [2.75, 3.05) is 11.9 Å². The fourth-order valence-corrected chi connectivity index (χ4v) is 1.71. The Labute approximate surface area is 92.5 Å². The van der Waals surface area contributed by atoms with Gasteiger partial charge in [0.1, 0.15) is 0 Å². The number of amides is 1. The second-order valence-electron chi connectivity index (χ2n) is 2.96. The van der Waals surface area contributed by atoms with Crippen LogP contribution in [-0.2, 0) is 10.0 Å². The number of nitrogens with zero attached hydrogens (tertiary/aromatic N) is 1. The van der Waals surface area contributed by atoms with Gasteiger partial charge in [-0.1, -0.05) is 6.07 Å². The molecule has 0 aliphatic rings. The molecule has 1 aromatic rings. The molecule has 0 atom stereocenters. The molecule has 0 heterocycles. The molecule has 0 saturated carbocycles. The molecule has 0 fully saturated rings. The number of benzene rings is 1.